The van der Waals surface area contributed by atoms with Crippen LogP contribution < -0.4 is 25.2 Å². The number of esters is 1. The van der Waals surface area contributed by atoms with E-state index in [9.17, 15) is 28.8 Å². The smallest absolute Gasteiger partial charge is 0.410 e. The predicted octanol–water partition coefficient (Wildman–Crippen LogP) is 7.18. The van der Waals surface area contributed by atoms with Gasteiger partial charge in [0.05, 0.1) is 44.2 Å². The maximum atomic E-state index is 15.0. The van der Waals surface area contributed by atoms with E-state index < -0.39 is 53.6 Å². The molecule has 0 spiro atoms. The van der Waals surface area contributed by atoms with Crippen molar-refractivity contribution in [3.05, 3.63) is 125 Å². The molecule has 0 radical (unpaired) electrons. The van der Waals surface area contributed by atoms with E-state index >= 15 is 0 Å². The summed E-state index contributed by atoms with van der Waals surface area (Å²) in [6.07, 6.45) is -1.60. The maximum Gasteiger partial charge on any atom is 0.410 e. The lowest BCUT2D eigenvalue weighted by Gasteiger charge is -2.30. The van der Waals surface area contributed by atoms with Gasteiger partial charge in [-0.15, -0.1) is 0 Å². The molecule has 1 heterocycles. The molecule has 338 valence electrons. The molecule has 5 aromatic carbocycles. The Balaban J connectivity index is 1.14. The third-order valence-electron chi connectivity index (χ3n) is 11.6. The second-order valence-corrected chi connectivity index (χ2v) is 16.9. The van der Waals surface area contributed by atoms with E-state index in [0.717, 1.165) is 27.2 Å². The number of nitrogens with one attached hydrogen (secondary N) is 2. The number of nitrogens with zero attached hydrogens (tertiary/aromatic N) is 3. The molecular weight excluding hydrogens is 831 g/mol. The van der Waals surface area contributed by atoms with E-state index in [1.165, 1.54) is 38.0 Å². The first-order valence-corrected chi connectivity index (χ1v) is 21.3. The van der Waals surface area contributed by atoms with E-state index in [0.29, 0.717) is 39.0 Å². The summed E-state index contributed by atoms with van der Waals surface area (Å²) in [5.74, 6) is -1.85. The van der Waals surface area contributed by atoms with Crippen LogP contribution in [0.2, 0.25) is 0 Å². The summed E-state index contributed by atoms with van der Waals surface area (Å²) in [6.45, 7) is 6.31. The molecule has 0 aromatic heterocycles. The highest BCUT2D eigenvalue weighted by Crippen LogP contribution is 2.44. The van der Waals surface area contributed by atoms with Gasteiger partial charge in [-0.05, 0) is 91.1 Å². The number of anilines is 2. The van der Waals surface area contributed by atoms with Gasteiger partial charge in [-0.25, -0.2) is 14.4 Å². The zero-order valence-electron chi connectivity index (χ0n) is 37.5. The van der Waals surface area contributed by atoms with Gasteiger partial charge in [-0.2, -0.15) is 0 Å². The van der Waals surface area contributed by atoms with E-state index in [-0.39, 0.29) is 38.6 Å². The number of carbonyl (C=O) groups is 6. The minimum Gasteiger partial charge on any atom is -0.496 e. The zero-order chi connectivity index (χ0) is 46.6. The van der Waals surface area contributed by atoms with Crippen LogP contribution in [0.5, 0.6) is 5.75 Å². The first-order valence-electron chi connectivity index (χ1n) is 21.3. The third kappa shape index (κ3) is 9.74. The van der Waals surface area contributed by atoms with Gasteiger partial charge in [0.2, 0.25) is 11.8 Å². The van der Waals surface area contributed by atoms with Crippen LogP contribution in [0.1, 0.15) is 67.1 Å². The highest BCUT2D eigenvalue weighted by molar-refractivity contribution is 6.09. The Bertz CT molecular complexity index is 2610. The maximum absolute atomic E-state index is 15.0. The fourth-order valence-electron chi connectivity index (χ4n) is 8.24. The second-order valence-electron chi connectivity index (χ2n) is 16.9. The Morgan fingerprint density at radius 2 is 1.49 bits per heavy atom. The van der Waals surface area contributed by atoms with E-state index in [1.807, 2.05) is 36.4 Å². The lowest BCUT2D eigenvalue weighted by Crippen LogP contribution is -2.57. The van der Waals surface area contributed by atoms with E-state index in [1.54, 1.807) is 75.4 Å². The molecule has 15 nitrogen and oxygen atoms in total. The highest BCUT2D eigenvalue weighted by atomic mass is 16.6. The molecule has 0 fully saturated rings. The van der Waals surface area contributed by atoms with Gasteiger partial charge in [0.15, 0.2) is 0 Å². The summed E-state index contributed by atoms with van der Waals surface area (Å²) >= 11 is 0. The average Bonchev–Trinajstić information content (AvgIpc) is 3.56. The Labute approximate surface area is 377 Å². The van der Waals surface area contributed by atoms with Gasteiger partial charge in [0, 0.05) is 31.5 Å². The molecule has 0 saturated heterocycles. The number of fused-ring (bicyclic) bond motifs is 5. The van der Waals surface area contributed by atoms with Crippen LogP contribution >= 0.6 is 0 Å². The van der Waals surface area contributed by atoms with Gasteiger partial charge >= 0.3 is 18.2 Å². The quantitative estimate of drug-likeness (QED) is 0.0966. The van der Waals surface area contributed by atoms with Gasteiger partial charge in [-0.3, -0.25) is 19.3 Å². The summed E-state index contributed by atoms with van der Waals surface area (Å²) in [5, 5.41) is 6.90. The van der Waals surface area contributed by atoms with Crippen molar-refractivity contribution in [2.45, 2.75) is 64.3 Å². The van der Waals surface area contributed by atoms with Crippen LogP contribution in [-0.2, 0) is 35.1 Å². The van der Waals surface area contributed by atoms with Crippen LogP contribution in [0, 0.1) is 0 Å². The number of alkyl carbamates (subject to hydrolysis) is 1. The predicted molar refractivity (Wildman–Crippen MR) is 245 cm³/mol. The standard InChI is InChI=1S/C50H53N5O10/c1-30(53(5)49(61)65-50(2,3)4)45(57)52-40-28-54(44(56)24-25-51-48(60)64-29-39-36-16-10-8-14-34(36)35-15-9-11-17-37(35)39)41-18-12-13-19-42(41)55(46(40)58)27-38-33-22-20-32(47(59)63-7)26-31(33)21-23-43(38)62-6/h8-23,26,30,39-40H,24-25,27-29H2,1-7H3,(H,51,60)(H,52,57)/t30?,40-/m0/s1. The summed E-state index contributed by atoms with van der Waals surface area (Å²) in [6, 6.07) is 29.1. The zero-order valence-corrected chi connectivity index (χ0v) is 37.5. The summed E-state index contributed by atoms with van der Waals surface area (Å²) in [7, 11) is 4.23. The molecule has 2 N–H and O–H groups in total. The molecule has 1 unspecified atom stereocenters. The second kappa shape index (κ2) is 19.1. The minimum atomic E-state index is -1.31. The van der Waals surface area contributed by atoms with Crippen LogP contribution in [0.4, 0.5) is 21.0 Å². The van der Waals surface area contributed by atoms with Crippen molar-refractivity contribution >= 4 is 58.0 Å². The number of methoxy groups -OCH3 is 2. The van der Waals surface area contributed by atoms with E-state index in [4.69, 9.17) is 18.9 Å². The summed E-state index contributed by atoms with van der Waals surface area (Å²) in [4.78, 5) is 85.8. The van der Waals surface area contributed by atoms with Gasteiger partial charge in [0.25, 0.3) is 5.91 Å². The van der Waals surface area contributed by atoms with Gasteiger partial charge in [-0.1, -0.05) is 72.8 Å². The molecular formula is C50H53N5O10. The fourth-order valence-corrected chi connectivity index (χ4v) is 8.24. The Kier molecular flexibility index (Phi) is 13.4. The lowest BCUT2D eigenvalue weighted by molar-refractivity contribution is -0.130. The number of likely N-dealkylation sites (N-methyl/N-ethyl adjacent to an activating group) is 1. The monoisotopic (exact) mass is 883 g/mol. The molecule has 5 amide bonds. The molecule has 5 aromatic rings. The summed E-state index contributed by atoms with van der Waals surface area (Å²) in [5.41, 5.74) is 5.20. The fraction of sp³-hybridized carbons (Fsp3) is 0.320. The van der Waals surface area contributed by atoms with Crippen molar-refractivity contribution in [2.24, 2.45) is 0 Å². The first kappa shape index (κ1) is 45.6. The number of amides is 5. The van der Waals surface area contributed by atoms with E-state index in [2.05, 4.69) is 22.8 Å². The van der Waals surface area contributed by atoms with Crippen LogP contribution in [0.25, 0.3) is 21.9 Å². The molecule has 15 heteroatoms. The van der Waals surface area contributed by atoms with Crippen molar-refractivity contribution in [1.29, 1.82) is 0 Å². The SMILES string of the molecule is COC(=O)c1ccc2c(CN3C(=O)[C@@H](NC(=O)C(C)N(C)C(=O)OC(C)(C)C)CN(C(=O)CCNC(=O)OCC4c5ccccc5-c5ccccc54)c4ccccc43)c(OC)ccc2c1. The molecule has 1 aliphatic carbocycles. The molecule has 1 aliphatic heterocycles. The first-order chi connectivity index (χ1) is 31.1. The van der Waals surface area contributed by atoms with Crippen molar-refractivity contribution in [1.82, 2.24) is 15.5 Å². The number of hydrogen-bond donors (Lipinski definition) is 2. The molecule has 0 bridgehead atoms. The number of rotatable bonds is 12. The molecule has 2 aliphatic rings. The Hall–Kier alpha value is -7.42. The number of para-hydroxylation sites is 2. The van der Waals surface area contributed by atoms with Crippen molar-refractivity contribution < 1.29 is 47.7 Å². The van der Waals surface area contributed by atoms with Crippen molar-refractivity contribution in [3.63, 3.8) is 0 Å². The van der Waals surface area contributed by atoms with Crippen LogP contribution in [0.15, 0.2) is 103 Å². The minimum absolute atomic E-state index is 0.0704. The number of ether oxygens (including phenoxy) is 4. The normalized spacial score (nSPS) is 14.9. The topological polar surface area (TPSA) is 173 Å². The number of carbonyl (C=O) groups excluding carboxylic acids is 6. The van der Waals surface area contributed by atoms with Crippen molar-refractivity contribution in [3.8, 4) is 16.9 Å². The molecule has 7 rings (SSSR count). The Morgan fingerprint density at radius 3 is 2.14 bits per heavy atom. The average molecular weight is 884 g/mol. The molecule has 2 atom stereocenters. The highest BCUT2D eigenvalue weighted by Gasteiger charge is 2.39. The molecule has 65 heavy (non-hydrogen) atoms. The van der Waals surface area contributed by atoms with Crippen LogP contribution in [-0.4, -0.2) is 99.4 Å². The third-order valence-corrected chi connectivity index (χ3v) is 11.6. The van der Waals surface area contributed by atoms with Crippen molar-refractivity contribution in [2.75, 3.05) is 50.8 Å². The lowest BCUT2D eigenvalue weighted by atomic mass is 9.98. The van der Waals surface area contributed by atoms with Gasteiger partial charge in [0.1, 0.15) is 30.0 Å². The van der Waals surface area contributed by atoms with Gasteiger partial charge < -0.3 is 39.4 Å². The Morgan fingerprint density at radius 1 is 0.846 bits per heavy atom. The van der Waals surface area contributed by atoms with Crippen LogP contribution in [0.3, 0.4) is 0 Å². The number of hydrogen-bond acceptors (Lipinski definition) is 10. The largest absolute Gasteiger partial charge is 0.496 e. The summed E-state index contributed by atoms with van der Waals surface area (Å²) < 4.78 is 21.9. The molecule has 0 saturated carbocycles. The number of benzene rings is 5.